The van der Waals surface area contributed by atoms with E-state index >= 15 is 0 Å². The summed E-state index contributed by atoms with van der Waals surface area (Å²) in [4.78, 5) is 36.0. The van der Waals surface area contributed by atoms with Gasteiger partial charge in [-0.1, -0.05) is 0 Å². The van der Waals surface area contributed by atoms with Crippen LogP contribution >= 0.6 is 11.3 Å². The number of carbonyl (C=O) groups excluding carboxylic acids is 3. The Balaban J connectivity index is 2.29. The molecule has 0 spiro atoms. The van der Waals surface area contributed by atoms with E-state index in [9.17, 15) is 14.4 Å². The fraction of sp³-hybridized carbons (Fsp3) is 0.533. The van der Waals surface area contributed by atoms with Gasteiger partial charge in [0.05, 0.1) is 19.1 Å². The van der Waals surface area contributed by atoms with E-state index in [1.54, 1.807) is 13.8 Å². The van der Waals surface area contributed by atoms with Crippen LogP contribution in [-0.2, 0) is 25.6 Å². The molecule has 2 rings (SSSR count). The Morgan fingerprint density at radius 1 is 1.09 bits per heavy atom. The van der Waals surface area contributed by atoms with Crippen molar-refractivity contribution in [3.05, 3.63) is 16.0 Å². The molecule has 23 heavy (non-hydrogen) atoms. The van der Waals surface area contributed by atoms with Crippen LogP contribution in [0.3, 0.4) is 0 Å². The van der Waals surface area contributed by atoms with Gasteiger partial charge in [0.25, 0.3) is 0 Å². The number of esters is 3. The fourth-order valence-electron chi connectivity index (χ4n) is 1.99. The van der Waals surface area contributed by atoms with E-state index in [1.807, 2.05) is 0 Å². The molecule has 8 heteroatoms. The van der Waals surface area contributed by atoms with Gasteiger partial charge in [-0.15, -0.1) is 11.3 Å². The van der Waals surface area contributed by atoms with Gasteiger partial charge in [0, 0.05) is 5.56 Å². The predicted octanol–water partition coefficient (Wildman–Crippen LogP) is 2.14. The highest BCUT2D eigenvalue weighted by atomic mass is 32.1. The van der Waals surface area contributed by atoms with Crippen LogP contribution in [0.1, 0.15) is 52.3 Å². The van der Waals surface area contributed by atoms with Crippen molar-refractivity contribution in [1.82, 2.24) is 0 Å². The summed E-state index contributed by atoms with van der Waals surface area (Å²) in [6.07, 6.45) is 1.61. The number of rotatable bonds is 7. The van der Waals surface area contributed by atoms with E-state index in [-0.39, 0.29) is 52.7 Å². The Morgan fingerprint density at radius 3 is 2.26 bits per heavy atom. The lowest BCUT2D eigenvalue weighted by atomic mass is 10.1. The second-order valence-corrected chi connectivity index (χ2v) is 6.02. The lowest BCUT2D eigenvalue weighted by Gasteiger charge is -2.08. The summed E-state index contributed by atoms with van der Waals surface area (Å²) in [6.45, 7) is 3.50. The van der Waals surface area contributed by atoms with Gasteiger partial charge >= 0.3 is 17.9 Å². The maximum absolute atomic E-state index is 12.1. The second kappa shape index (κ2) is 7.45. The average Bonchev–Trinajstić information content (AvgIpc) is 3.29. The fourth-order valence-corrected chi connectivity index (χ4v) is 2.95. The zero-order valence-corrected chi connectivity index (χ0v) is 13.9. The predicted molar refractivity (Wildman–Crippen MR) is 83.2 cm³/mol. The summed E-state index contributed by atoms with van der Waals surface area (Å²) in [5, 5.41) is 0.143. The standard InChI is InChI=1S/C15H19NO6S/c1-3-20-14(18)10-9(7-22-13(17)8-5-6-8)11(23-12(10)16)15(19)21-4-2/h8H,3-7,16H2,1-2H3. The summed E-state index contributed by atoms with van der Waals surface area (Å²) in [5.74, 6) is -1.66. The van der Waals surface area contributed by atoms with Crippen LogP contribution in [0.4, 0.5) is 5.00 Å². The van der Waals surface area contributed by atoms with Gasteiger partial charge < -0.3 is 19.9 Å². The van der Waals surface area contributed by atoms with Crippen LogP contribution < -0.4 is 5.73 Å². The molecule has 1 fully saturated rings. The average molecular weight is 341 g/mol. The Kier molecular flexibility index (Phi) is 5.59. The van der Waals surface area contributed by atoms with E-state index in [1.165, 1.54) is 0 Å². The van der Waals surface area contributed by atoms with Crippen molar-refractivity contribution in [3.8, 4) is 0 Å². The Morgan fingerprint density at radius 2 is 1.70 bits per heavy atom. The van der Waals surface area contributed by atoms with Gasteiger partial charge in [-0.2, -0.15) is 0 Å². The maximum Gasteiger partial charge on any atom is 0.348 e. The van der Waals surface area contributed by atoms with Crippen molar-refractivity contribution in [2.45, 2.75) is 33.3 Å². The zero-order chi connectivity index (χ0) is 17.0. The molecule has 7 nitrogen and oxygen atoms in total. The van der Waals surface area contributed by atoms with Crippen molar-refractivity contribution >= 4 is 34.2 Å². The number of nitrogens with two attached hydrogens (primary N) is 1. The van der Waals surface area contributed by atoms with Crippen LogP contribution in [0.15, 0.2) is 0 Å². The molecule has 0 aromatic carbocycles. The number of ether oxygens (including phenoxy) is 3. The second-order valence-electron chi connectivity index (χ2n) is 4.97. The molecule has 0 amide bonds. The number of hydrogen-bond donors (Lipinski definition) is 1. The first-order valence-electron chi connectivity index (χ1n) is 7.41. The summed E-state index contributed by atoms with van der Waals surface area (Å²) in [5.41, 5.74) is 6.18. The molecule has 1 aromatic heterocycles. The minimum atomic E-state index is -0.644. The number of anilines is 1. The van der Waals surface area contributed by atoms with Crippen LogP contribution in [-0.4, -0.2) is 31.1 Å². The van der Waals surface area contributed by atoms with Crippen molar-refractivity contribution in [1.29, 1.82) is 0 Å². The Bertz CT molecular complexity index is 620. The molecule has 1 aliphatic rings. The number of carbonyl (C=O) groups is 3. The Hall–Kier alpha value is -2.09. The number of hydrogen-bond acceptors (Lipinski definition) is 8. The molecule has 0 unspecified atom stereocenters. The summed E-state index contributed by atoms with van der Waals surface area (Å²) in [7, 11) is 0. The molecule has 126 valence electrons. The van der Waals surface area contributed by atoms with Crippen molar-refractivity contribution in [3.63, 3.8) is 0 Å². The molecule has 0 radical (unpaired) electrons. The SMILES string of the molecule is CCOC(=O)c1sc(N)c(C(=O)OCC)c1COC(=O)C1CC1. The van der Waals surface area contributed by atoms with Crippen molar-refractivity contribution < 1.29 is 28.6 Å². The third kappa shape index (κ3) is 4.01. The number of nitrogen functional groups attached to an aromatic ring is 1. The monoisotopic (exact) mass is 341 g/mol. The summed E-state index contributed by atoms with van der Waals surface area (Å²) < 4.78 is 15.1. The molecule has 2 N–H and O–H groups in total. The lowest BCUT2D eigenvalue weighted by molar-refractivity contribution is -0.146. The van der Waals surface area contributed by atoms with E-state index in [0.717, 1.165) is 24.2 Å². The van der Waals surface area contributed by atoms with Crippen LogP contribution in [0.5, 0.6) is 0 Å². The molecule has 0 bridgehead atoms. The third-order valence-corrected chi connectivity index (χ3v) is 4.29. The molecular formula is C15H19NO6S. The molecule has 1 aromatic rings. The normalized spacial score (nSPS) is 13.5. The van der Waals surface area contributed by atoms with E-state index in [4.69, 9.17) is 19.9 Å². The van der Waals surface area contributed by atoms with Gasteiger partial charge in [-0.3, -0.25) is 4.79 Å². The first-order valence-corrected chi connectivity index (χ1v) is 8.23. The summed E-state index contributed by atoms with van der Waals surface area (Å²) >= 11 is 0.930. The molecule has 1 saturated carbocycles. The van der Waals surface area contributed by atoms with Gasteiger partial charge in [0.15, 0.2) is 0 Å². The molecule has 0 saturated heterocycles. The lowest BCUT2D eigenvalue weighted by Crippen LogP contribution is -2.14. The van der Waals surface area contributed by atoms with Gasteiger partial charge in [0.2, 0.25) is 0 Å². The molecule has 1 heterocycles. The van der Waals surface area contributed by atoms with E-state index in [2.05, 4.69) is 0 Å². The van der Waals surface area contributed by atoms with Gasteiger partial charge in [0.1, 0.15) is 22.0 Å². The first-order chi connectivity index (χ1) is 11.0. The highest BCUT2D eigenvalue weighted by Gasteiger charge is 2.33. The molecule has 0 atom stereocenters. The van der Waals surface area contributed by atoms with Crippen LogP contribution in [0, 0.1) is 5.92 Å². The van der Waals surface area contributed by atoms with Gasteiger partial charge in [-0.05, 0) is 26.7 Å². The minimum Gasteiger partial charge on any atom is -0.462 e. The van der Waals surface area contributed by atoms with Gasteiger partial charge in [-0.25, -0.2) is 9.59 Å². The van der Waals surface area contributed by atoms with Crippen molar-refractivity contribution in [2.75, 3.05) is 18.9 Å². The smallest absolute Gasteiger partial charge is 0.348 e. The Labute approximate surface area is 137 Å². The minimum absolute atomic E-state index is 0.0727. The van der Waals surface area contributed by atoms with Crippen LogP contribution in [0.25, 0.3) is 0 Å². The molecule has 1 aliphatic carbocycles. The van der Waals surface area contributed by atoms with Crippen molar-refractivity contribution in [2.24, 2.45) is 5.92 Å². The third-order valence-electron chi connectivity index (χ3n) is 3.24. The first kappa shape index (κ1) is 17.3. The van der Waals surface area contributed by atoms with Crippen LogP contribution in [0.2, 0.25) is 0 Å². The molecular weight excluding hydrogens is 322 g/mol. The maximum atomic E-state index is 12.1. The van der Waals surface area contributed by atoms with E-state index < -0.39 is 11.9 Å². The summed E-state index contributed by atoms with van der Waals surface area (Å²) in [6, 6.07) is 0. The quantitative estimate of drug-likeness (QED) is 0.598. The number of thiophene rings is 1. The largest absolute Gasteiger partial charge is 0.462 e. The highest BCUT2D eigenvalue weighted by Crippen LogP contribution is 2.35. The van der Waals surface area contributed by atoms with E-state index in [0.29, 0.717) is 0 Å². The zero-order valence-electron chi connectivity index (χ0n) is 13.0. The topological polar surface area (TPSA) is 105 Å². The molecule has 0 aliphatic heterocycles. The highest BCUT2D eigenvalue weighted by molar-refractivity contribution is 7.18.